The van der Waals surface area contributed by atoms with Crippen LogP contribution in [0.1, 0.15) is 322 Å². The van der Waals surface area contributed by atoms with Gasteiger partial charge in [0.05, 0.1) is 35.4 Å². The van der Waals surface area contributed by atoms with E-state index in [9.17, 15) is 9.59 Å². The number of carbonyl (C=O) groups excluding carboxylic acids is 2. The SMILES string of the molecule is CCCCCCCCCCCCCCCCCCSC(N)=CC(=O)OCCCCCCCCCCCCCCCCCCOC(=O)C=C(N)SCCCCCCCCCCCCCCCCCC. The number of rotatable bonds is 57. The van der Waals surface area contributed by atoms with Crippen molar-refractivity contribution < 1.29 is 19.1 Å². The zero-order valence-electron chi connectivity index (χ0n) is 45.5. The molecule has 8 heteroatoms. The molecule has 0 aliphatic rings. The van der Waals surface area contributed by atoms with Gasteiger partial charge in [-0.1, -0.05) is 296 Å². The van der Waals surface area contributed by atoms with Gasteiger partial charge in [-0.25, -0.2) is 9.59 Å². The molecule has 0 aromatic heterocycles. The Kier molecular flexibility index (Phi) is 57.2. The number of carbonyl (C=O) groups is 2. The number of esters is 2. The fourth-order valence-electron chi connectivity index (χ4n) is 9.10. The molecule has 0 rings (SSSR count). The van der Waals surface area contributed by atoms with E-state index in [2.05, 4.69) is 13.8 Å². The van der Waals surface area contributed by atoms with E-state index >= 15 is 0 Å². The van der Waals surface area contributed by atoms with E-state index in [4.69, 9.17) is 20.9 Å². The van der Waals surface area contributed by atoms with Crippen molar-refractivity contribution in [2.75, 3.05) is 24.7 Å². The summed E-state index contributed by atoms with van der Waals surface area (Å²) in [6.07, 6.45) is 66.8. The highest BCUT2D eigenvalue weighted by molar-refractivity contribution is 8.03. The van der Waals surface area contributed by atoms with E-state index in [1.165, 1.54) is 282 Å². The Hall–Kier alpha value is -1.28. The van der Waals surface area contributed by atoms with Crippen molar-refractivity contribution in [1.29, 1.82) is 0 Å². The zero-order chi connectivity index (χ0) is 49.3. The van der Waals surface area contributed by atoms with Gasteiger partial charge in [0.25, 0.3) is 0 Å². The molecular weight excluding hydrogens is 877 g/mol. The standard InChI is InChI=1S/C60H116N2O4S2/c1-3-5-7-9-11-13-15-17-19-25-29-33-37-41-45-49-53-67-57(61)55-59(63)65-51-47-43-39-35-31-27-23-21-22-24-28-32-36-40-44-48-52-66-60(64)56-58(62)68-54-50-46-42-38-34-30-26-20-18-16-14-12-10-8-6-4-2/h55-56H,3-54,61-62H2,1-2H3. The number of hydrogen-bond donors (Lipinski definition) is 2. The highest BCUT2D eigenvalue weighted by Gasteiger charge is 2.04. The molecular formula is C60H116N2O4S2. The van der Waals surface area contributed by atoms with Crippen molar-refractivity contribution in [2.24, 2.45) is 11.5 Å². The van der Waals surface area contributed by atoms with Crippen LogP contribution in [0.15, 0.2) is 22.2 Å². The monoisotopic (exact) mass is 993 g/mol. The highest BCUT2D eigenvalue weighted by atomic mass is 32.2. The Morgan fingerprint density at radius 3 is 0.676 bits per heavy atom. The van der Waals surface area contributed by atoms with E-state index in [0.29, 0.717) is 23.3 Å². The highest BCUT2D eigenvalue weighted by Crippen LogP contribution is 2.19. The van der Waals surface area contributed by atoms with Crippen LogP contribution in [0.25, 0.3) is 0 Å². The Bertz CT molecular complexity index is 1020. The normalized spacial score (nSPS) is 12.0. The minimum Gasteiger partial charge on any atom is -0.462 e. The first-order valence-corrected chi connectivity index (χ1v) is 32.0. The average molecular weight is 994 g/mol. The maximum atomic E-state index is 12.1. The smallest absolute Gasteiger partial charge is 0.333 e. The lowest BCUT2D eigenvalue weighted by molar-refractivity contribution is -0.138. The van der Waals surface area contributed by atoms with Crippen LogP contribution in [0.5, 0.6) is 0 Å². The number of thioether (sulfide) groups is 2. The van der Waals surface area contributed by atoms with Crippen LogP contribution in [0.4, 0.5) is 0 Å². The average Bonchev–Trinajstić information content (AvgIpc) is 3.32. The first-order chi connectivity index (χ1) is 33.5. The molecule has 0 aliphatic heterocycles. The molecule has 0 bridgehead atoms. The second-order valence-electron chi connectivity index (χ2n) is 20.4. The van der Waals surface area contributed by atoms with Crippen LogP contribution in [-0.2, 0) is 19.1 Å². The lowest BCUT2D eigenvalue weighted by Crippen LogP contribution is -2.06. The number of hydrogen-bond acceptors (Lipinski definition) is 8. The Labute approximate surface area is 432 Å². The molecule has 0 spiro atoms. The summed E-state index contributed by atoms with van der Waals surface area (Å²) >= 11 is 3.17. The van der Waals surface area contributed by atoms with Crippen LogP contribution in [0.3, 0.4) is 0 Å². The van der Waals surface area contributed by atoms with Crippen molar-refractivity contribution in [3.8, 4) is 0 Å². The van der Waals surface area contributed by atoms with E-state index in [1.807, 2.05) is 0 Å². The summed E-state index contributed by atoms with van der Waals surface area (Å²) in [4.78, 5) is 24.3. The molecule has 68 heavy (non-hydrogen) atoms. The molecule has 0 atom stereocenters. The molecule has 0 radical (unpaired) electrons. The molecule has 0 unspecified atom stereocenters. The number of ether oxygens (including phenoxy) is 2. The van der Waals surface area contributed by atoms with Crippen LogP contribution in [0, 0.1) is 0 Å². The minimum absolute atomic E-state index is 0.295. The van der Waals surface area contributed by atoms with Crippen molar-refractivity contribution in [3.05, 3.63) is 22.2 Å². The molecule has 0 saturated carbocycles. The molecule has 0 saturated heterocycles. The van der Waals surface area contributed by atoms with Gasteiger partial charge in [0.15, 0.2) is 0 Å². The number of nitrogens with two attached hydrogens (primary N) is 2. The minimum atomic E-state index is -0.295. The van der Waals surface area contributed by atoms with E-state index in [1.54, 1.807) is 23.5 Å². The maximum Gasteiger partial charge on any atom is 0.333 e. The van der Waals surface area contributed by atoms with E-state index < -0.39 is 0 Å². The molecule has 0 aromatic rings. The van der Waals surface area contributed by atoms with Gasteiger partial charge in [0, 0.05) is 0 Å². The largest absolute Gasteiger partial charge is 0.462 e. The molecule has 0 amide bonds. The van der Waals surface area contributed by atoms with Gasteiger partial charge in [-0.3, -0.25) is 0 Å². The van der Waals surface area contributed by atoms with Gasteiger partial charge in [0.2, 0.25) is 0 Å². The van der Waals surface area contributed by atoms with Crippen LogP contribution < -0.4 is 11.5 Å². The van der Waals surface area contributed by atoms with Gasteiger partial charge < -0.3 is 20.9 Å². The Balaban J connectivity index is 3.38. The Morgan fingerprint density at radius 1 is 0.294 bits per heavy atom. The molecule has 0 heterocycles. The summed E-state index contributed by atoms with van der Waals surface area (Å²) in [5.41, 5.74) is 12.1. The van der Waals surface area contributed by atoms with Crippen LogP contribution in [0.2, 0.25) is 0 Å². The fourth-order valence-corrected chi connectivity index (χ4v) is 10.6. The maximum absolute atomic E-state index is 12.1. The first-order valence-electron chi connectivity index (χ1n) is 30.0. The number of unbranched alkanes of at least 4 members (excludes halogenated alkanes) is 45. The van der Waals surface area contributed by atoms with Gasteiger partial charge in [-0.05, 0) is 37.2 Å². The zero-order valence-corrected chi connectivity index (χ0v) is 47.2. The lowest BCUT2D eigenvalue weighted by Gasteiger charge is -2.05. The molecule has 4 N–H and O–H groups in total. The summed E-state index contributed by atoms with van der Waals surface area (Å²) in [6, 6.07) is 0. The fraction of sp³-hybridized carbons (Fsp3) is 0.900. The third-order valence-electron chi connectivity index (χ3n) is 13.6. The van der Waals surface area contributed by atoms with Crippen molar-refractivity contribution >= 4 is 35.5 Å². The first kappa shape index (κ1) is 66.7. The predicted molar refractivity (Wildman–Crippen MR) is 304 cm³/mol. The third kappa shape index (κ3) is 57.3. The topological polar surface area (TPSA) is 105 Å². The predicted octanol–water partition coefficient (Wildman–Crippen LogP) is 19.9. The summed E-state index contributed by atoms with van der Waals surface area (Å²) in [5.74, 6) is 1.37. The summed E-state index contributed by atoms with van der Waals surface area (Å²) in [7, 11) is 0. The molecule has 0 aromatic carbocycles. The van der Waals surface area contributed by atoms with E-state index in [-0.39, 0.29) is 11.9 Å². The third-order valence-corrected chi connectivity index (χ3v) is 15.5. The molecule has 0 fully saturated rings. The van der Waals surface area contributed by atoms with Gasteiger partial charge >= 0.3 is 11.9 Å². The second kappa shape index (κ2) is 58.3. The van der Waals surface area contributed by atoms with Crippen molar-refractivity contribution in [1.82, 2.24) is 0 Å². The van der Waals surface area contributed by atoms with Crippen LogP contribution >= 0.6 is 23.5 Å². The lowest BCUT2D eigenvalue weighted by atomic mass is 10.0. The quantitative estimate of drug-likeness (QED) is 0.0353. The summed E-state index contributed by atoms with van der Waals surface area (Å²) in [5, 5.41) is 1.17. The van der Waals surface area contributed by atoms with Crippen molar-refractivity contribution in [2.45, 2.75) is 322 Å². The van der Waals surface area contributed by atoms with E-state index in [0.717, 1.165) is 50.0 Å². The van der Waals surface area contributed by atoms with Gasteiger partial charge in [-0.15, -0.1) is 23.5 Å². The molecule has 6 nitrogen and oxygen atoms in total. The summed E-state index contributed by atoms with van der Waals surface area (Å²) in [6.45, 7) is 5.57. The summed E-state index contributed by atoms with van der Waals surface area (Å²) < 4.78 is 10.8. The van der Waals surface area contributed by atoms with Crippen LogP contribution in [-0.4, -0.2) is 36.7 Å². The van der Waals surface area contributed by atoms with Gasteiger partial charge in [-0.2, -0.15) is 0 Å². The Morgan fingerprint density at radius 2 is 0.471 bits per heavy atom. The van der Waals surface area contributed by atoms with Gasteiger partial charge in [0.1, 0.15) is 0 Å². The van der Waals surface area contributed by atoms with Crippen molar-refractivity contribution in [3.63, 3.8) is 0 Å². The molecule has 0 aliphatic carbocycles. The molecule has 402 valence electrons. The second-order valence-corrected chi connectivity index (χ2v) is 22.7.